The zero-order valence-corrected chi connectivity index (χ0v) is 9.00. The van der Waals surface area contributed by atoms with E-state index in [9.17, 15) is 4.79 Å². The van der Waals surface area contributed by atoms with Gasteiger partial charge in [0, 0.05) is 5.25 Å². The Kier molecular flexibility index (Phi) is 4.45. The van der Waals surface area contributed by atoms with Crippen molar-refractivity contribution in [3.8, 4) is 0 Å². The molecule has 0 aliphatic carbocycles. The summed E-state index contributed by atoms with van der Waals surface area (Å²) >= 11 is 1.47. The molecular weight excluding hydrogens is 202 g/mol. The molecule has 1 rings (SSSR count). The van der Waals surface area contributed by atoms with E-state index >= 15 is 0 Å². The second-order valence-electron chi connectivity index (χ2n) is 2.73. The number of ether oxygens (including phenoxy) is 1. The molecule has 0 radical (unpaired) electrons. The van der Waals surface area contributed by atoms with Crippen molar-refractivity contribution in [1.82, 2.24) is 15.2 Å². The maximum absolute atomic E-state index is 11.1. The normalized spacial score (nSPS) is 12.4. The van der Waals surface area contributed by atoms with Gasteiger partial charge in [0.1, 0.15) is 6.33 Å². The molecule has 0 aliphatic heterocycles. The van der Waals surface area contributed by atoms with E-state index < -0.39 is 0 Å². The predicted octanol–water partition coefficient (Wildman–Crippen LogP) is 1.24. The van der Waals surface area contributed by atoms with Crippen LogP contribution in [0.4, 0.5) is 0 Å². The summed E-state index contributed by atoms with van der Waals surface area (Å²) in [5, 5.41) is 7.31. The van der Waals surface area contributed by atoms with Gasteiger partial charge in [-0.25, -0.2) is 4.98 Å². The van der Waals surface area contributed by atoms with E-state index in [1.165, 1.54) is 18.1 Å². The first kappa shape index (κ1) is 11.0. The van der Waals surface area contributed by atoms with Gasteiger partial charge in [0.25, 0.3) is 0 Å². The molecule has 1 aromatic heterocycles. The molecule has 1 unspecified atom stereocenters. The van der Waals surface area contributed by atoms with Crippen LogP contribution in [0.25, 0.3) is 0 Å². The zero-order chi connectivity index (χ0) is 10.4. The molecule has 0 saturated heterocycles. The molecule has 0 bridgehead atoms. The topological polar surface area (TPSA) is 67.9 Å². The molecule has 78 valence electrons. The summed E-state index contributed by atoms with van der Waals surface area (Å²) in [5.41, 5.74) is 0. The van der Waals surface area contributed by atoms with Crippen molar-refractivity contribution in [3.63, 3.8) is 0 Å². The molecule has 0 spiro atoms. The first-order valence-electron chi connectivity index (χ1n) is 4.40. The minimum atomic E-state index is -0.174. The van der Waals surface area contributed by atoms with Crippen molar-refractivity contribution in [2.45, 2.75) is 30.7 Å². The maximum Gasteiger partial charge on any atom is 0.306 e. The third-order valence-corrected chi connectivity index (χ3v) is 2.45. The van der Waals surface area contributed by atoms with Gasteiger partial charge in [0.05, 0.1) is 13.0 Å². The van der Waals surface area contributed by atoms with Crippen LogP contribution in [0, 0.1) is 0 Å². The van der Waals surface area contributed by atoms with Crippen LogP contribution in [0.15, 0.2) is 11.5 Å². The minimum Gasteiger partial charge on any atom is -0.466 e. The van der Waals surface area contributed by atoms with Crippen molar-refractivity contribution >= 4 is 17.7 Å². The lowest BCUT2D eigenvalue weighted by molar-refractivity contribution is -0.142. The molecule has 14 heavy (non-hydrogen) atoms. The summed E-state index contributed by atoms with van der Waals surface area (Å²) in [5.74, 6) is -0.174. The highest BCUT2D eigenvalue weighted by Crippen LogP contribution is 2.20. The number of carbonyl (C=O) groups excluding carboxylic acids is 1. The Hall–Kier alpha value is -1.04. The molecule has 1 aromatic rings. The quantitative estimate of drug-likeness (QED) is 0.591. The predicted molar refractivity (Wildman–Crippen MR) is 53.0 cm³/mol. The molecule has 0 amide bonds. The number of H-pyrrole nitrogens is 1. The number of nitrogens with one attached hydrogen (secondary N) is 1. The van der Waals surface area contributed by atoms with Crippen LogP contribution in [-0.2, 0) is 9.53 Å². The van der Waals surface area contributed by atoms with Crippen molar-refractivity contribution in [2.24, 2.45) is 0 Å². The van der Waals surface area contributed by atoms with Gasteiger partial charge in [0.15, 0.2) is 5.16 Å². The first-order valence-corrected chi connectivity index (χ1v) is 5.28. The molecule has 0 aliphatic rings. The van der Waals surface area contributed by atoms with Crippen LogP contribution in [0.1, 0.15) is 20.3 Å². The average Bonchev–Trinajstić information content (AvgIpc) is 2.56. The molecule has 0 saturated carbocycles. The molecule has 1 heterocycles. The van der Waals surface area contributed by atoms with Gasteiger partial charge in [0.2, 0.25) is 0 Å². The SMILES string of the molecule is CCOC(=O)CC(C)Sc1ncn[nH]1. The van der Waals surface area contributed by atoms with Crippen molar-refractivity contribution in [3.05, 3.63) is 6.33 Å². The van der Waals surface area contributed by atoms with Crippen molar-refractivity contribution in [2.75, 3.05) is 6.61 Å². The number of aromatic amines is 1. The molecule has 0 fully saturated rings. The van der Waals surface area contributed by atoms with Gasteiger partial charge in [-0.1, -0.05) is 18.7 Å². The van der Waals surface area contributed by atoms with E-state index in [-0.39, 0.29) is 11.2 Å². The minimum absolute atomic E-state index is 0.141. The lowest BCUT2D eigenvalue weighted by atomic mass is 10.3. The zero-order valence-electron chi connectivity index (χ0n) is 8.19. The van der Waals surface area contributed by atoms with Gasteiger partial charge in [-0.3, -0.25) is 9.89 Å². The second-order valence-corrected chi connectivity index (χ2v) is 4.16. The van der Waals surface area contributed by atoms with Crippen LogP contribution < -0.4 is 0 Å². The fourth-order valence-corrected chi connectivity index (χ4v) is 1.75. The number of hydrogen-bond donors (Lipinski definition) is 1. The summed E-state index contributed by atoms with van der Waals surface area (Å²) in [7, 11) is 0. The Morgan fingerprint density at radius 1 is 1.79 bits per heavy atom. The average molecular weight is 215 g/mol. The highest BCUT2D eigenvalue weighted by molar-refractivity contribution is 7.99. The van der Waals surface area contributed by atoms with E-state index in [2.05, 4.69) is 15.2 Å². The van der Waals surface area contributed by atoms with E-state index in [4.69, 9.17) is 4.74 Å². The first-order chi connectivity index (χ1) is 6.72. The molecule has 1 N–H and O–H groups in total. The highest BCUT2D eigenvalue weighted by atomic mass is 32.2. The maximum atomic E-state index is 11.1. The number of esters is 1. The largest absolute Gasteiger partial charge is 0.466 e. The number of rotatable bonds is 5. The number of aromatic nitrogens is 3. The molecule has 5 nitrogen and oxygen atoms in total. The summed E-state index contributed by atoms with van der Waals surface area (Å²) in [4.78, 5) is 15.1. The third-order valence-electron chi connectivity index (χ3n) is 1.47. The standard InChI is InChI=1S/C8H13N3O2S/c1-3-13-7(12)4-6(2)14-8-9-5-10-11-8/h5-6H,3-4H2,1-2H3,(H,9,10,11). The highest BCUT2D eigenvalue weighted by Gasteiger charge is 2.12. The van der Waals surface area contributed by atoms with Crippen LogP contribution in [0.5, 0.6) is 0 Å². The molecule has 0 aromatic carbocycles. The van der Waals surface area contributed by atoms with Crippen molar-refractivity contribution < 1.29 is 9.53 Å². The van der Waals surface area contributed by atoms with E-state index in [1.54, 1.807) is 6.92 Å². The lowest BCUT2D eigenvalue weighted by Gasteiger charge is -2.07. The number of nitrogens with zero attached hydrogens (tertiary/aromatic N) is 2. The van der Waals surface area contributed by atoms with Gasteiger partial charge in [-0.15, -0.1) is 0 Å². The Labute approximate surface area is 86.6 Å². The van der Waals surface area contributed by atoms with Crippen LogP contribution in [-0.4, -0.2) is 33.0 Å². The van der Waals surface area contributed by atoms with Crippen LogP contribution >= 0.6 is 11.8 Å². The summed E-state index contributed by atoms with van der Waals surface area (Å²) in [6, 6.07) is 0. The number of thioether (sulfide) groups is 1. The smallest absolute Gasteiger partial charge is 0.306 e. The Morgan fingerprint density at radius 3 is 3.14 bits per heavy atom. The van der Waals surface area contributed by atoms with Crippen LogP contribution in [0.3, 0.4) is 0 Å². The summed E-state index contributed by atoms with van der Waals surface area (Å²) < 4.78 is 4.83. The van der Waals surface area contributed by atoms with Gasteiger partial charge < -0.3 is 4.74 Å². The Bertz CT molecular complexity index is 276. The fraction of sp³-hybridized carbons (Fsp3) is 0.625. The lowest BCUT2D eigenvalue weighted by Crippen LogP contribution is -2.10. The van der Waals surface area contributed by atoms with Gasteiger partial charge >= 0.3 is 5.97 Å². The summed E-state index contributed by atoms with van der Waals surface area (Å²) in [6.45, 7) is 4.18. The molecule has 1 atom stereocenters. The Morgan fingerprint density at radius 2 is 2.57 bits per heavy atom. The molecule has 6 heteroatoms. The van der Waals surface area contributed by atoms with Gasteiger partial charge in [-0.2, -0.15) is 5.10 Å². The fourth-order valence-electron chi connectivity index (χ4n) is 0.938. The van der Waals surface area contributed by atoms with Crippen LogP contribution in [0.2, 0.25) is 0 Å². The number of carbonyl (C=O) groups is 1. The van der Waals surface area contributed by atoms with Crippen molar-refractivity contribution in [1.29, 1.82) is 0 Å². The monoisotopic (exact) mass is 215 g/mol. The molecular formula is C8H13N3O2S. The van der Waals surface area contributed by atoms with E-state index in [0.29, 0.717) is 13.0 Å². The van der Waals surface area contributed by atoms with E-state index in [0.717, 1.165) is 5.16 Å². The second kappa shape index (κ2) is 5.64. The Balaban J connectivity index is 2.29. The van der Waals surface area contributed by atoms with E-state index in [1.807, 2.05) is 6.92 Å². The third kappa shape index (κ3) is 3.78. The van der Waals surface area contributed by atoms with Gasteiger partial charge in [-0.05, 0) is 6.92 Å². The number of hydrogen-bond acceptors (Lipinski definition) is 5. The summed E-state index contributed by atoms with van der Waals surface area (Å²) in [6.07, 6.45) is 1.83.